The Morgan fingerprint density at radius 2 is 1.55 bits per heavy atom. The van der Waals surface area contributed by atoms with Gasteiger partial charge in [-0.25, -0.2) is 18.2 Å². The van der Waals surface area contributed by atoms with Gasteiger partial charge in [0, 0.05) is 42.3 Å². The van der Waals surface area contributed by atoms with Crippen LogP contribution in [0.25, 0.3) is 22.2 Å². The first-order chi connectivity index (χ1) is 25.0. The quantitative estimate of drug-likeness (QED) is 0.0983. The number of nitrogens with zero attached hydrogens (tertiary/aromatic N) is 3. The number of hydrogen-bond acceptors (Lipinski definition) is 8. The Morgan fingerprint density at radius 1 is 0.906 bits per heavy atom. The van der Waals surface area contributed by atoms with Crippen LogP contribution in [-0.2, 0) is 26.2 Å². The van der Waals surface area contributed by atoms with Crippen LogP contribution in [0.15, 0.2) is 90.0 Å². The van der Waals surface area contributed by atoms with E-state index in [1.807, 2.05) is 66.2 Å². The third kappa shape index (κ3) is 10.6. The molecule has 0 fully saturated rings. The molecule has 5 aromatic rings. The normalized spacial score (nSPS) is 12.0. The standard InChI is InChI=1S/C34H36N6O5S.C2HF3O2/c1-22-18-23(2)32(24(3)19-22)46(44,45)39-28(34(42)43)21-37-33(41)26-13-14-29-27(20-26)31(25-10-5-4-6-11-25)38-40(29)17-9-16-36-30-12-7-8-15-35-30;3-2(4,5)1(6)7/h4-8,10-15,18-20,28,39H,9,16-17,21H2,1-3H3,(H,35,36)(H,37,41)(H,42,43);(H,6,7)/t28-;/m0./s1. The fourth-order valence-corrected chi connectivity index (χ4v) is 7.17. The number of hydrogen-bond donors (Lipinski definition) is 5. The predicted octanol–water partition coefficient (Wildman–Crippen LogP) is 5.32. The van der Waals surface area contributed by atoms with Crippen LogP contribution in [0.1, 0.15) is 33.5 Å². The highest BCUT2D eigenvalue weighted by molar-refractivity contribution is 7.89. The van der Waals surface area contributed by atoms with Crippen LogP contribution in [0.3, 0.4) is 0 Å². The van der Waals surface area contributed by atoms with Gasteiger partial charge in [-0.3, -0.25) is 14.3 Å². The molecule has 3 aromatic carbocycles. The van der Waals surface area contributed by atoms with Gasteiger partial charge in [-0.1, -0.05) is 54.1 Å². The zero-order valence-electron chi connectivity index (χ0n) is 28.8. The molecule has 0 spiro atoms. The molecule has 1 amide bonds. The summed E-state index contributed by atoms with van der Waals surface area (Å²) in [4.78, 5) is 38.5. The van der Waals surface area contributed by atoms with E-state index in [1.54, 1.807) is 44.3 Å². The number of alkyl halides is 3. The number of aryl methyl sites for hydroxylation is 4. The molecule has 0 aliphatic heterocycles. The predicted molar refractivity (Wildman–Crippen MR) is 191 cm³/mol. The molecule has 0 bridgehead atoms. The first-order valence-electron chi connectivity index (χ1n) is 16.1. The number of carbonyl (C=O) groups excluding carboxylic acids is 1. The Hall–Kier alpha value is -5.81. The number of aromatic nitrogens is 3. The zero-order chi connectivity index (χ0) is 38.9. The van der Waals surface area contributed by atoms with E-state index in [-0.39, 0.29) is 4.90 Å². The summed E-state index contributed by atoms with van der Waals surface area (Å²) in [6, 6.07) is 22.4. The van der Waals surface area contributed by atoms with E-state index in [9.17, 15) is 36.3 Å². The highest BCUT2D eigenvalue weighted by Gasteiger charge is 2.38. The largest absolute Gasteiger partial charge is 0.490 e. The number of carboxylic acids is 2. The van der Waals surface area contributed by atoms with Crippen LogP contribution in [0, 0.1) is 20.8 Å². The maximum atomic E-state index is 13.3. The summed E-state index contributed by atoms with van der Waals surface area (Å²) in [5, 5.41) is 28.5. The average molecular weight is 755 g/mol. The smallest absolute Gasteiger partial charge is 0.480 e. The molecule has 53 heavy (non-hydrogen) atoms. The summed E-state index contributed by atoms with van der Waals surface area (Å²) in [5.41, 5.74) is 4.63. The van der Waals surface area contributed by atoms with Gasteiger partial charge in [-0.05, 0) is 68.7 Å². The summed E-state index contributed by atoms with van der Waals surface area (Å²) in [6.07, 6.45) is -2.57. The molecule has 280 valence electrons. The fourth-order valence-electron chi connectivity index (χ4n) is 5.53. The Balaban J connectivity index is 0.000000815. The fraction of sp³-hybridized carbons (Fsp3) is 0.250. The molecule has 1 atom stereocenters. The number of carboxylic acid groups (broad SMARTS) is 2. The molecule has 0 saturated heterocycles. The van der Waals surface area contributed by atoms with E-state index in [0.717, 1.165) is 34.3 Å². The highest BCUT2D eigenvalue weighted by Crippen LogP contribution is 2.29. The second kappa shape index (κ2) is 17.1. The summed E-state index contributed by atoms with van der Waals surface area (Å²) in [6.45, 7) is 6.03. The van der Waals surface area contributed by atoms with E-state index in [4.69, 9.17) is 15.0 Å². The Labute approximate surface area is 302 Å². The maximum absolute atomic E-state index is 13.3. The van der Waals surface area contributed by atoms with Crippen molar-refractivity contribution in [2.75, 3.05) is 18.4 Å². The van der Waals surface area contributed by atoms with Crippen LogP contribution in [0.2, 0.25) is 0 Å². The third-order valence-electron chi connectivity index (χ3n) is 7.76. The van der Waals surface area contributed by atoms with E-state index >= 15 is 0 Å². The van der Waals surface area contributed by atoms with Crippen LogP contribution < -0.4 is 15.4 Å². The molecule has 0 aliphatic carbocycles. The third-order valence-corrected chi connectivity index (χ3v) is 9.53. The number of nitrogens with one attached hydrogen (secondary N) is 3. The number of halogens is 3. The molecule has 17 heteroatoms. The van der Waals surface area contributed by atoms with Crippen molar-refractivity contribution in [3.05, 3.63) is 107 Å². The van der Waals surface area contributed by atoms with E-state index in [0.29, 0.717) is 35.5 Å². The van der Waals surface area contributed by atoms with Gasteiger partial charge < -0.3 is 20.8 Å². The number of sulfonamides is 1. The summed E-state index contributed by atoms with van der Waals surface area (Å²) < 4.78 is 62.3. The van der Waals surface area contributed by atoms with E-state index in [1.165, 1.54) is 0 Å². The summed E-state index contributed by atoms with van der Waals surface area (Å²) in [5.74, 6) is -3.91. The van der Waals surface area contributed by atoms with Crippen molar-refractivity contribution < 1.29 is 46.2 Å². The average Bonchev–Trinajstić information content (AvgIpc) is 3.46. The van der Waals surface area contributed by atoms with Crippen molar-refractivity contribution >= 4 is 44.6 Å². The van der Waals surface area contributed by atoms with Gasteiger partial charge in [0.15, 0.2) is 0 Å². The molecule has 2 aromatic heterocycles. The monoisotopic (exact) mass is 754 g/mol. The number of amides is 1. The molecule has 13 nitrogen and oxygen atoms in total. The Morgan fingerprint density at radius 3 is 2.13 bits per heavy atom. The minimum Gasteiger partial charge on any atom is -0.480 e. The van der Waals surface area contributed by atoms with Gasteiger partial charge >= 0.3 is 18.1 Å². The first-order valence-corrected chi connectivity index (χ1v) is 17.6. The molecule has 0 aliphatic rings. The van der Waals surface area contributed by atoms with Crippen molar-refractivity contribution in [1.29, 1.82) is 0 Å². The molecular formula is C36H37F3N6O7S. The van der Waals surface area contributed by atoms with Crippen LogP contribution >= 0.6 is 0 Å². The highest BCUT2D eigenvalue weighted by atomic mass is 32.2. The first kappa shape index (κ1) is 40.0. The molecular weight excluding hydrogens is 717 g/mol. The molecule has 0 unspecified atom stereocenters. The summed E-state index contributed by atoms with van der Waals surface area (Å²) in [7, 11) is -4.18. The van der Waals surface area contributed by atoms with Crippen molar-refractivity contribution in [2.24, 2.45) is 0 Å². The molecule has 0 radical (unpaired) electrons. The van der Waals surface area contributed by atoms with Gasteiger partial charge in [0.05, 0.1) is 10.4 Å². The lowest BCUT2D eigenvalue weighted by atomic mass is 10.1. The number of benzene rings is 3. The summed E-state index contributed by atoms with van der Waals surface area (Å²) >= 11 is 0. The van der Waals surface area contributed by atoms with Gasteiger partial charge in [0.1, 0.15) is 17.6 Å². The van der Waals surface area contributed by atoms with Crippen molar-refractivity contribution in [3.8, 4) is 11.3 Å². The minimum absolute atomic E-state index is 0.0269. The zero-order valence-corrected chi connectivity index (χ0v) is 29.6. The number of aliphatic carboxylic acids is 2. The molecule has 2 heterocycles. The Bertz CT molecular complexity index is 2170. The van der Waals surface area contributed by atoms with Crippen molar-refractivity contribution in [2.45, 2.75) is 50.9 Å². The molecule has 0 saturated carbocycles. The van der Waals surface area contributed by atoms with Crippen molar-refractivity contribution in [1.82, 2.24) is 24.8 Å². The van der Waals surface area contributed by atoms with Gasteiger partial charge in [-0.2, -0.15) is 23.0 Å². The van der Waals surface area contributed by atoms with E-state index in [2.05, 4.69) is 20.3 Å². The topological polar surface area (TPSA) is 193 Å². The number of fused-ring (bicyclic) bond motifs is 1. The van der Waals surface area contributed by atoms with Crippen LogP contribution in [-0.4, -0.2) is 76.5 Å². The van der Waals surface area contributed by atoms with Gasteiger partial charge in [0.25, 0.3) is 5.91 Å². The molecule has 5 rings (SSSR count). The number of carbonyl (C=O) groups is 3. The van der Waals surface area contributed by atoms with Crippen LogP contribution in [0.5, 0.6) is 0 Å². The maximum Gasteiger partial charge on any atom is 0.490 e. The SMILES string of the molecule is Cc1cc(C)c(S(=O)(=O)N[C@@H](CNC(=O)c2ccc3c(c2)c(-c2ccccc2)nn3CCCNc2ccccn2)C(=O)O)c(C)c1.O=C(O)C(F)(F)F. The lowest BCUT2D eigenvalue weighted by Gasteiger charge is -2.18. The van der Waals surface area contributed by atoms with Crippen molar-refractivity contribution in [3.63, 3.8) is 0 Å². The lowest BCUT2D eigenvalue weighted by molar-refractivity contribution is -0.192. The number of pyridine rings is 1. The van der Waals surface area contributed by atoms with E-state index < -0.39 is 46.6 Å². The molecule has 5 N–H and O–H groups in total. The second-order valence-corrected chi connectivity index (χ2v) is 13.6. The van der Waals surface area contributed by atoms with Gasteiger partial charge in [-0.15, -0.1) is 0 Å². The van der Waals surface area contributed by atoms with Crippen LogP contribution in [0.4, 0.5) is 19.0 Å². The number of anilines is 1. The lowest BCUT2D eigenvalue weighted by Crippen LogP contribution is -2.48. The second-order valence-electron chi connectivity index (χ2n) is 11.9. The Kier molecular flexibility index (Phi) is 12.9. The minimum atomic E-state index is -5.08. The van der Waals surface area contributed by atoms with Gasteiger partial charge in [0.2, 0.25) is 10.0 Å². The number of rotatable bonds is 13.